The van der Waals surface area contributed by atoms with Crippen LogP contribution in [-0.2, 0) is 19.9 Å². The van der Waals surface area contributed by atoms with Gasteiger partial charge in [-0.3, -0.25) is 0 Å². The van der Waals surface area contributed by atoms with E-state index in [-0.39, 0.29) is 22.1 Å². The van der Waals surface area contributed by atoms with Gasteiger partial charge >= 0.3 is 0 Å². The molecule has 0 fully saturated rings. The minimum absolute atomic E-state index is 0.0224. The fraction of sp³-hybridized carbons (Fsp3) is 0.200. The first-order chi connectivity index (χ1) is 13.6. The molecule has 0 bridgehead atoms. The van der Waals surface area contributed by atoms with Gasteiger partial charge < -0.3 is 4.42 Å². The van der Waals surface area contributed by atoms with Gasteiger partial charge in [0.15, 0.2) is 9.84 Å². The molecule has 1 aromatic heterocycles. The molecule has 0 radical (unpaired) electrons. The monoisotopic (exact) mass is 453 g/mol. The maximum absolute atomic E-state index is 13.2. The Labute approximate surface area is 175 Å². The van der Waals surface area contributed by atoms with E-state index in [0.29, 0.717) is 10.6 Å². The van der Waals surface area contributed by atoms with Gasteiger partial charge in [0.25, 0.3) is 0 Å². The van der Waals surface area contributed by atoms with Crippen molar-refractivity contribution < 1.29 is 21.3 Å². The van der Waals surface area contributed by atoms with E-state index in [4.69, 9.17) is 16.0 Å². The number of sulfone groups is 1. The van der Waals surface area contributed by atoms with Crippen LogP contribution in [0, 0.1) is 13.8 Å². The van der Waals surface area contributed by atoms with Crippen molar-refractivity contribution in [3.63, 3.8) is 0 Å². The molecule has 154 valence electrons. The zero-order valence-electron chi connectivity index (χ0n) is 15.8. The Hall–Kier alpha value is -2.13. The average molecular weight is 454 g/mol. The summed E-state index contributed by atoms with van der Waals surface area (Å²) in [5.41, 5.74) is 1.35. The number of nitrogens with one attached hydrogen (secondary N) is 1. The van der Waals surface area contributed by atoms with Crippen LogP contribution >= 0.6 is 11.6 Å². The molecule has 0 unspecified atom stereocenters. The zero-order chi connectivity index (χ0) is 21.2. The topological polar surface area (TPSA) is 93.4 Å². The first kappa shape index (κ1) is 21.6. The second-order valence-corrected chi connectivity index (χ2v) is 10.9. The van der Waals surface area contributed by atoms with Crippen LogP contribution < -0.4 is 4.72 Å². The Morgan fingerprint density at radius 3 is 2.31 bits per heavy atom. The molecule has 0 spiro atoms. The van der Waals surface area contributed by atoms with Crippen LogP contribution in [0.25, 0.3) is 0 Å². The number of hydrogen-bond donors (Lipinski definition) is 1. The lowest BCUT2D eigenvalue weighted by Crippen LogP contribution is -2.32. The molecular formula is C20H20ClNO5S2. The summed E-state index contributed by atoms with van der Waals surface area (Å²) < 4.78 is 59.8. The first-order valence-electron chi connectivity index (χ1n) is 8.71. The standard InChI is InChI=1S/C20H20ClNO5S2/c1-14-5-6-15(2)19(12-14)29(25,26)22-13-20(18-4-3-11-27-18)28(23,24)17-9-7-16(21)8-10-17/h3-12,20,22H,13H2,1-2H3/t20-/m1/s1. The van der Waals surface area contributed by atoms with Gasteiger partial charge in [-0.1, -0.05) is 23.7 Å². The van der Waals surface area contributed by atoms with Crippen LogP contribution in [0.1, 0.15) is 22.1 Å². The Morgan fingerprint density at radius 1 is 1.00 bits per heavy atom. The third kappa shape index (κ3) is 4.72. The average Bonchev–Trinajstić information content (AvgIpc) is 3.18. The van der Waals surface area contributed by atoms with Gasteiger partial charge in [-0.15, -0.1) is 0 Å². The number of sulfonamides is 1. The van der Waals surface area contributed by atoms with Crippen molar-refractivity contribution in [1.29, 1.82) is 0 Å². The number of halogens is 1. The Kier molecular flexibility index (Phi) is 6.19. The molecule has 29 heavy (non-hydrogen) atoms. The molecule has 3 aromatic rings. The van der Waals surface area contributed by atoms with Crippen LogP contribution in [0.3, 0.4) is 0 Å². The van der Waals surface area contributed by atoms with Crippen LogP contribution in [0.4, 0.5) is 0 Å². The van der Waals surface area contributed by atoms with Gasteiger partial charge in [-0.2, -0.15) is 0 Å². The highest BCUT2D eigenvalue weighted by molar-refractivity contribution is 7.92. The van der Waals surface area contributed by atoms with Crippen molar-refractivity contribution >= 4 is 31.5 Å². The minimum Gasteiger partial charge on any atom is -0.468 e. The maximum Gasteiger partial charge on any atom is 0.240 e. The summed E-state index contributed by atoms with van der Waals surface area (Å²) in [5.74, 6) is 0.142. The van der Waals surface area contributed by atoms with Crippen LogP contribution in [0.5, 0.6) is 0 Å². The van der Waals surface area contributed by atoms with Gasteiger partial charge in [0.05, 0.1) is 16.1 Å². The lowest BCUT2D eigenvalue weighted by Gasteiger charge is -2.17. The van der Waals surface area contributed by atoms with E-state index >= 15 is 0 Å². The van der Waals surface area contributed by atoms with E-state index in [2.05, 4.69) is 4.72 Å². The summed E-state index contributed by atoms with van der Waals surface area (Å²) >= 11 is 5.85. The Morgan fingerprint density at radius 2 is 1.69 bits per heavy atom. The van der Waals surface area contributed by atoms with Crippen LogP contribution in [-0.4, -0.2) is 23.4 Å². The van der Waals surface area contributed by atoms with Gasteiger partial charge in [-0.25, -0.2) is 21.6 Å². The molecule has 0 aliphatic rings. The summed E-state index contributed by atoms with van der Waals surface area (Å²) in [4.78, 5) is 0.133. The molecule has 6 nitrogen and oxygen atoms in total. The van der Waals surface area contributed by atoms with Crippen molar-refractivity contribution in [2.45, 2.75) is 28.9 Å². The Bertz CT molecular complexity index is 1200. The van der Waals surface area contributed by atoms with Crippen LogP contribution in [0.2, 0.25) is 5.02 Å². The molecule has 1 N–H and O–H groups in total. The molecule has 3 rings (SSSR count). The SMILES string of the molecule is Cc1ccc(C)c(S(=O)(=O)NC[C@H](c2ccco2)S(=O)(=O)c2ccc(Cl)cc2)c1. The molecule has 2 aromatic carbocycles. The minimum atomic E-state index is -3.94. The van der Waals surface area contributed by atoms with E-state index in [1.807, 2.05) is 6.07 Å². The van der Waals surface area contributed by atoms with E-state index < -0.39 is 25.1 Å². The van der Waals surface area contributed by atoms with E-state index in [9.17, 15) is 16.8 Å². The fourth-order valence-corrected chi connectivity index (χ4v) is 6.08. The highest BCUT2D eigenvalue weighted by Gasteiger charge is 2.33. The number of hydrogen-bond acceptors (Lipinski definition) is 5. The number of furan rings is 1. The molecule has 1 atom stereocenters. The molecule has 0 saturated carbocycles. The predicted octanol–water partition coefficient (Wildman–Crippen LogP) is 4.04. The largest absolute Gasteiger partial charge is 0.468 e. The zero-order valence-corrected chi connectivity index (χ0v) is 18.2. The van der Waals surface area contributed by atoms with Crippen molar-refractivity contribution in [1.82, 2.24) is 4.72 Å². The highest BCUT2D eigenvalue weighted by Crippen LogP contribution is 2.30. The second kappa shape index (κ2) is 8.31. The van der Waals surface area contributed by atoms with Crippen LogP contribution in [0.15, 0.2) is 75.1 Å². The predicted molar refractivity (Wildman–Crippen MR) is 111 cm³/mol. The normalized spacial score (nSPS) is 13.3. The molecule has 0 aliphatic heterocycles. The van der Waals surface area contributed by atoms with E-state index in [1.54, 1.807) is 32.0 Å². The lowest BCUT2D eigenvalue weighted by atomic mass is 10.2. The van der Waals surface area contributed by atoms with Gasteiger partial charge in [0.2, 0.25) is 10.0 Å². The fourth-order valence-electron chi connectivity index (χ4n) is 2.89. The molecule has 0 amide bonds. The number of rotatable bonds is 7. The summed E-state index contributed by atoms with van der Waals surface area (Å²) in [7, 11) is -7.87. The lowest BCUT2D eigenvalue weighted by molar-refractivity contribution is 0.486. The van der Waals surface area contributed by atoms with Crippen molar-refractivity contribution in [2.24, 2.45) is 0 Å². The number of aryl methyl sites for hydroxylation is 2. The van der Waals surface area contributed by atoms with Crippen molar-refractivity contribution in [3.05, 3.63) is 82.8 Å². The van der Waals surface area contributed by atoms with Crippen molar-refractivity contribution in [2.75, 3.05) is 6.54 Å². The molecule has 0 saturated heterocycles. The van der Waals surface area contributed by atoms with Crippen molar-refractivity contribution in [3.8, 4) is 0 Å². The molecule has 1 heterocycles. The third-order valence-electron chi connectivity index (χ3n) is 4.47. The Balaban J connectivity index is 1.95. The quantitative estimate of drug-likeness (QED) is 0.582. The van der Waals surface area contributed by atoms with E-state index in [0.717, 1.165) is 5.56 Å². The second-order valence-electron chi connectivity index (χ2n) is 6.62. The summed E-state index contributed by atoms with van der Waals surface area (Å²) in [5, 5.41) is -0.840. The summed E-state index contributed by atoms with van der Waals surface area (Å²) in [6, 6.07) is 13.8. The van der Waals surface area contributed by atoms with Gasteiger partial charge in [0, 0.05) is 11.6 Å². The highest BCUT2D eigenvalue weighted by atomic mass is 35.5. The molecule has 0 aliphatic carbocycles. The maximum atomic E-state index is 13.2. The molecular weight excluding hydrogens is 434 g/mol. The smallest absolute Gasteiger partial charge is 0.240 e. The first-order valence-corrected chi connectivity index (χ1v) is 12.1. The molecule has 9 heteroatoms. The summed E-state index contributed by atoms with van der Waals surface area (Å²) in [6.45, 7) is 3.09. The van der Waals surface area contributed by atoms with E-state index in [1.165, 1.54) is 36.6 Å². The number of benzene rings is 2. The summed E-state index contributed by atoms with van der Waals surface area (Å²) in [6.07, 6.45) is 1.35. The van der Waals surface area contributed by atoms with Gasteiger partial charge in [0.1, 0.15) is 11.0 Å². The van der Waals surface area contributed by atoms with Gasteiger partial charge in [-0.05, 0) is 67.4 Å². The third-order valence-corrected chi connectivity index (χ3v) is 8.36.